The molecule has 0 bridgehead atoms. The average Bonchev–Trinajstić information content (AvgIpc) is 2.25. The minimum atomic E-state index is -0.525. The zero-order chi connectivity index (χ0) is 14.6. The van der Waals surface area contributed by atoms with E-state index in [9.17, 15) is 10.1 Å². The van der Waals surface area contributed by atoms with Crippen molar-refractivity contribution in [1.82, 2.24) is 9.97 Å². The molecular formula is C12H20N4O3. The van der Waals surface area contributed by atoms with Crippen molar-refractivity contribution in [2.45, 2.75) is 40.2 Å². The Balaban J connectivity index is 3.31. The highest BCUT2D eigenvalue weighted by molar-refractivity contribution is 5.62. The molecule has 1 aromatic heterocycles. The molecule has 0 atom stereocenters. The second kappa shape index (κ2) is 6.31. The number of nitrogens with one attached hydrogen (secondary N) is 1. The standard InChI is InChI=1S/C12H20N4O3/c1-7(2)6-9-14-11(13-8(3)4)10(16(17)18)12(15-9)19-5/h7-8H,6H2,1-5H3,(H,13,14,15). The molecule has 0 radical (unpaired) electrons. The lowest BCUT2D eigenvalue weighted by Crippen LogP contribution is -2.16. The van der Waals surface area contributed by atoms with Crippen LogP contribution in [0.25, 0.3) is 0 Å². The molecule has 0 amide bonds. The number of methoxy groups -OCH3 is 1. The maximum Gasteiger partial charge on any atom is 0.372 e. The van der Waals surface area contributed by atoms with E-state index in [1.54, 1.807) is 0 Å². The monoisotopic (exact) mass is 268 g/mol. The van der Waals surface area contributed by atoms with Crippen LogP contribution in [-0.2, 0) is 6.42 Å². The molecule has 0 aliphatic rings. The van der Waals surface area contributed by atoms with Crippen LogP contribution < -0.4 is 10.1 Å². The third kappa shape index (κ3) is 4.04. The van der Waals surface area contributed by atoms with Crippen LogP contribution >= 0.6 is 0 Å². The highest BCUT2D eigenvalue weighted by atomic mass is 16.6. The van der Waals surface area contributed by atoms with Gasteiger partial charge in [-0.15, -0.1) is 0 Å². The van der Waals surface area contributed by atoms with Gasteiger partial charge in [-0.05, 0) is 19.8 Å². The van der Waals surface area contributed by atoms with E-state index in [2.05, 4.69) is 15.3 Å². The molecule has 0 fully saturated rings. The lowest BCUT2D eigenvalue weighted by molar-refractivity contribution is -0.385. The molecule has 1 heterocycles. The first-order chi connectivity index (χ1) is 8.85. The molecule has 0 spiro atoms. The van der Waals surface area contributed by atoms with E-state index >= 15 is 0 Å². The molecule has 0 unspecified atom stereocenters. The maximum absolute atomic E-state index is 11.1. The average molecular weight is 268 g/mol. The molecule has 1 aromatic rings. The van der Waals surface area contributed by atoms with Crippen LogP contribution in [0.4, 0.5) is 11.5 Å². The van der Waals surface area contributed by atoms with Crippen molar-refractivity contribution in [1.29, 1.82) is 0 Å². The number of ether oxygens (including phenoxy) is 1. The first kappa shape index (κ1) is 15.1. The van der Waals surface area contributed by atoms with Gasteiger partial charge in [-0.2, -0.15) is 4.98 Å². The second-order valence-electron chi connectivity index (χ2n) is 5.00. The van der Waals surface area contributed by atoms with Crippen LogP contribution in [0, 0.1) is 16.0 Å². The van der Waals surface area contributed by atoms with Crippen molar-refractivity contribution in [3.8, 4) is 5.88 Å². The fraction of sp³-hybridized carbons (Fsp3) is 0.667. The summed E-state index contributed by atoms with van der Waals surface area (Å²) in [6.07, 6.45) is 0.640. The van der Waals surface area contributed by atoms with Gasteiger partial charge in [-0.1, -0.05) is 13.8 Å². The van der Waals surface area contributed by atoms with Crippen LogP contribution in [0.15, 0.2) is 0 Å². The number of anilines is 1. The molecule has 1 N–H and O–H groups in total. The van der Waals surface area contributed by atoms with Crippen molar-refractivity contribution >= 4 is 11.5 Å². The zero-order valence-electron chi connectivity index (χ0n) is 11.9. The van der Waals surface area contributed by atoms with E-state index < -0.39 is 4.92 Å². The van der Waals surface area contributed by atoms with Gasteiger partial charge in [-0.3, -0.25) is 10.1 Å². The van der Waals surface area contributed by atoms with Gasteiger partial charge in [0.05, 0.1) is 12.0 Å². The summed E-state index contributed by atoms with van der Waals surface area (Å²) in [5.41, 5.74) is -0.219. The number of hydrogen-bond acceptors (Lipinski definition) is 6. The van der Waals surface area contributed by atoms with Gasteiger partial charge in [0.25, 0.3) is 5.88 Å². The number of hydrogen-bond donors (Lipinski definition) is 1. The van der Waals surface area contributed by atoms with E-state index in [0.717, 1.165) is 0 Å². The van der Waals surface area contributed by atoms with E-state index in [1.165, 1.54) is 7.11 Å². The Morgan fingerprint density at radius 2 is 1.95 bits per heavy atom. The minimum Gasteiger partial charge on any atom is -0.476 e. The van der Waals surface area contributed by atoms with Gasteiger partial charge in [-0.25, -0.2) is 4.98 Å². The summed E-state index contributed by atoms with van der Waals surface area (Å²) in [7, 11) is 1.37. The van der Waals surface area contributed by atoms with Crippen LogP contribution in [-0.4, -0.2) is 28.0 Å². The Hall–Kier alpha value is -1.92. The second-order valence-corrected chi connectivity index (χ2v) is 5.00. The summed E-state index contributed by atoms with van der Waals surface area (Å²) in [5, 5.41) is 14.1. The molecule has 0 saturated carbocycles. The Morgan fingerprint density at radius 3 is 2.37 bits per heavy atom. The van der Waals surface area contributed by atoms with Crippen LogP contribution in [0.5, 0.6) is 5.88 Å². The van der Waals surface area contributed by atoms with Crippen LogP contribution in [0.3, 0.4) is 0 Å². The SMILES string of the molecule is COc1nc(CC(C)C)nc(NC(C)C)c1[N+](=O)[O-]. The Bertz CT molecular complexity index is 461. The Labute approximate surface area is 112 Å². The number of nitro groups is 1. The van der Waals surface area contributed by atoms with Gasteiger partial charge in [0.1, 0.15) is 5.82 Å². The quantitative estimate of drug-likeness (QED) is 0.629. The molecule has 7 nitrogen and oxygen atoms in total. The van der Waals surface area contributed by atoms with Crippen LogP contribution in [0.1, 0.15) is 33.5 Å². The van der Waals surface area contributed by atoms with Gasteiger partial charge >= 0.3 is 5.69 Å². The largest absolute Gasteiger partial charge is 0.476 e. The highest BCUT2D eigenvalue weighted by Gasteiger charge is 2.26. The Kier molecular flexibility index (Phi) is 5.02. The van der Waals surface area contributed by atoms with E-state index in [0.29, 0.717) is 18.2 Å². The summed E-state index contributed by atoms with van der Waals surface area (Å²) >= 11 is 0. The first-order valence-electron chi connectivity index (χ1n) is 6.21. The minimum absolute atomic E-state index is 0.00111. The number of rotatable bonds is 6. The fourth-order valence-electron chi connectivity index (χ4n) is 1.62. The van der Waals surface area contributed by atoms with Crippen molar-refractivity contribution in [3.63, 3.8) is 0 Å². The molecule has 106 valence electrons. The van der Waals surface area contributed by atoms with Crippen molar-refractivity contribution < 1.29 is 9.66 Å². The molecule has 7 heteroatoms. The third-order valence-corrected chi connectivity index (χ3v) is 2.29. The van der Waals surface area contributed by atoms with E-state index in [4.69, 9.17) is 4.74 Å². The molecule has 0 aliphatic heterocycles. The first-order valence-corrected chi connectivity index (χ1v) is 6.21. The Morgan fingerprint density at radius 1 is 1.32 bits per heavy atom. The maximum atomic E-state index is 11.1. The molecular weight excluding hydrogens is 248 g/mol. The van der Waals surface area contributed by atoms with Gasteiger partial charge in [0.2, 0.25) is 5.82 Å². The van der Waals surface area contributed by atoms with Gasteiger partial charge in [0.15, 0.2) is 0 Å². The molecule has 1 rings (SSSR count). The van der Waals surface area contributed by atoms with Gasteiger partial charge < -0.3 is 10.1 Å². The van der Waals surface area contributed by atoms with Gasteiger partial charge in [0, 0.05) is 12.5 Å². The summed E-state index contributed by atoms with van der Waals surface area (Å²) in [5.74, 6) is 1.11. The third-order valence-electron chi connectivity index (χ3n) is 2.29. The molecule has 0 aliphatic carbocycles. The zero-order valence-corrected chi connectivity index (χ0v) is 11.9. The number of nitrogens with zero attached hydrogens (tertiary/aromatic N) is 3. The lowest BCUT2D eigenvalue weighted by Gasteiger charge is -2.13. The van der Waals surface area contributed by atoms with E-state index in [-0.39, 0.29) is 23.4 Å². The summed E-state index contributed by atoms with van der Waals surface area (Å²) in [6.45, 7) is 7.85. The summed E-state index contributed by atoms with van der Waals surface area (Å²) in [4.78, 5) is 18.9. The van der Waals surface area contributed by atoms with Crippen molar-refractivity contribution in [2.24, 2.45) is 5.92 Å². The lowest BCUT2D eigenvalue weighted by atomic mass is 10.1. The molecule has 19 heavy (non-hydrogen) atoms. The normalized spacial score (nSPS) is 10.9. The van der Waals surface area contributed by atoms with E-state index in [1.807, 2.05) is 27.7 Å². The van der Waals surface area contributed by atoms with Crippen LogP contribution in [0.2, 0.25) is 0 Å². The van der Waals surface area contributed by atoms with Crippen molar-refractivity contribution in [2.75, 3.05) is 12.4 Å². The highest BCUT2D eigenvalue weighted by Crippen LogP contribution is 2.32. The predicted octanol–water partition coefficient (Wildman–Crippen LogP) is 2.41. The molecule has 0 aromatic carbocycles. The number of aromatic nitrogens is 2. The molecule has 0 saturated heterocycles. The summed E-state index contributed by atoms with van der Waals surface area (Å²) in [6, 6.07) is 0.0326. The topological polar surface area (TPSA) is 90.2 Å². The predicted molar refractivity (Wildman–Crippen MR) is 72.5 cm³/mol. The fourth-order valence-corrected chi connectivity index (χ4v) is 1.62. The summed E-state index contributed by atoms with van der Waals surface area (Å²) < 4.78 is 5.02. The smallest absolute Gasteiger partial charge is 0.372 e. The van der Waals surface area contributed by atoms with Crippen molar-refractivity contribution in [3.05, 3.63) is 15.9 Å².